The summed E-state index contributed by atoms with van der Waals surface area (Å²) >= 11 is 1.78. The van der Waals surface area contributed by atoms with Gasteiger partial charge in [-0.3, -0.25) is 4.99 Å². The number of thiophene rings is 1. The van der Waals surface area contributed by atoms with E-state index in [1.165, 1.54) is 26.2 Å². The second-order valence-electron chi connectivity index (χ2n) is 9.23. The van der Waals surface area contributed by atoms with Gasteiger partial charge in [-0.05, 0) is 54.0 Å². The molecule has 0 amide bonds. The molecule has 5 aromatic rings. The summed E-state index contributed by atoms with van der Waals surface area (Å²) in [5, 5.41) is 6.06. The minimum atomic E-state index is -0.259. The van der Waals surface area contributed by atoms with Gasteiger partial charge in [0.2, 0.25) is 0 Å². The lowest BCUT2D eigenvalue weighted by Crippen LogP contribution is -2.05. The van der Waals surface area contributed by atoms with Crippen molar-refractivity contribution >= 4 is 54.7 Å². The summed E-state index contributed by atoms with van der Waals surface area (Å²) in [5.74, 6) is -0.259. The van der Waals surface area contributed by atoms with Crippen LogP contribution in [0.1, 0.15) is 36.1 Å². The molecule has 2 heterocycles. The third-order valence-corrected chi connectivity index (χ3v) is 7.99. The van der Waals surface area contributed by atoms with Gasteiger partial charge in [0, 0.05) is 48.9 Å². The Hall–Kier alpha value is -4.28. The zero-order chi connectivity index (χ0) is 25.9. The van der Waals surface area contributed by atoms with Crippen molar-refractivity contribution in [2.24, 2.45) is 4.99 Å². The Labute approximate surface area is 226 Å². The van der Waals surface area contributed by atoms with Gasteiger partial charge in [-0.15, -0.1) is 11.3 Å². The number of nitrogens with one attached hydrogen (secondary N) is 1. The molecular formula is C34H27FN2S. The molecule has 1 N–H and O–H groups in total. The van der Waals surface area contributed by atoms with Gasteiger partial charge < -0.3 is 5.32 Å². The van der Waals surface area contributed by atoms with E-state index in [0.29, 0.717) is 11.3 Å². The average Bonchev–Trinajstić information content (AvgIpc) is 3.59. The van der Waals surface area contributed by atoms with E-state index >= 15 is 0 Å². The van der Waals surface area contributed by atoms with Crippen LogP contribution in [0.3, 0.4) is 0 Å². The van der Waals surface area contributed by atoms with Gasteiger partial charge in [0.05, 0.1) is 6.04 Å². The predicted octanol–water partition coefficient (Wildman–Crippen LogP) is 9.82. The first-order valence-electron chi connectivity index (χ1n) is 12.9. The molecule has 0 bridgehead atoms. The Bertz CT molecular complexity index is 1740. The van der Waals surface area contributed by atoms with E-state index in [1.54, 1.807) is 17.4 Å². The number of halogens is 1. The maximum Gasteiger partial charge on any atom is 0.132 e. The minimum absolute atomic E-state index is 0.155. The number of anilines is 1. The molecule has 0 aliphatic carbocycles. The monoisotopic (exact) mass is 514 g/mol. The molecule has 0 spiro atoms. The van der Waals surface area contributed by atoms with Crippen LogP contribution in [0.25, 0.3) is 31.4 Å². The smallest absolute Gasteiger partial charge is 0.132 e. The van der Waals surface area contributed by atoms with Crippen LogP contribution < -0.4 is 5.32 Å². The van der Waals surface area contributed by atoms with E-state index in [2.05, 4.69) is 72.9 Å². The normalized spacial score (nSPS) is 15.6. The molecule has 186 valence electrons. The Morgan fingerprint density at radius 2 is 1.71 bits per heavy atom. The molecule has 1 atom stereocenters. The zero-order valence-electron chi connectivity index (χ0n) is 21.1. The van der Waals surface area contributed by atoms with Crippen LogP contribution in [0.2, 0.25) is 0 Å². The van der Waals surface area contributed by atoms with Crippen molar-refractivity contribution in [2.45, 2.75) is 19.4 Å². The van der Waals surface area contributed by atoms with Crippen LogP contribution in [0.15, 0.2) is 120 Å². The molecule has 1 unspecified atom stereocenters. The molecule has 1 aromatic heterocycles. The second-order valence-corrected chi connectivity index (χ2v) is 10.3. The van der Waals surface area contributed by atoms with Crippen LogP contribution in [-0.4, -0.2) is 6.21 Å². The second kappa shape index (κ2) is 10.6. The molecule has 38 heavy (non-hydrogen) atoms. The molecule has 0 fully saturated rings. The fraction of sp³-hybridized carbons (Fsp3) is 0.0882. The maximum absolute atomic E-state index is 14.9. The number of rotatable bonds is 7. The molecule has 1 aliphatic rings. The van der Waals surface area contributed by atoms with Crippen molar-refractivity contribution in [1.82, 2.24) is 0 Å². The Morgan fingerprint density at radius 1 is 0.921 bits per heavy atom. The highest BCUT2D eigenvalue weighted by molar-refractivity contribution is 7.26. The van der Waals surface area contributed by atoms with E-state index < -0.39 is 0 Å². The third kappa shape index (κ3) is 4.59. The summed E-state index contributed by atoms with van der Waals surface area (Å²) in [6, 6.07) is 29.9. The van der Waals surface area contributed by atoms with E-state index in [9.17, 15) is 4.39 Å². The number of nitrogens with zero attached hydrogens (tertiary/aromatic N) is 1. The Morgan fingerprint density at radius 3 is 2.55 bits per heavy atom. The van der Waals surface area contributed by atoms with Gasteiger partial charge in [0.15, 0.2) is 0 Å². The van der Waals surface area contributed by atoms with Crippen molar-refractivity contribution in [3.8, 4) is 0 Å². The first-order chi connectivity index (χ1) is 18.7. The highest BCUT2D eigenvalue weighted by atomic mass is 32.1. The zero-order valence-corrected chi connectivity index (χ0v) is 21.9. The molecule has 4 heteroatoms. The van der Waals surface area contributed by atoms with Crippen molar-refractivity contribution < 1.29 is 4.39 Å². The first-order valence-corrected chi connectivity index (χ1v) is 13.7. The topological polar surface area (TPSA) is 24.4 Å². The summed E-state index contributed by atoms with van der Waals surface area (Å²) in [7, 11) is 0. The number of hydrogen-bond donors (Lipinski definition) is 1. The fourth-order valence-corrected chi connectivity index (χ4v) is 6.20. The van der Waals surface area contributed by atoms with Crippen LogP contribution >= 0.6 is 11.3 Å². The lowest BCUT2D eigenvalue weighted by Gasteiger charge is -2.18. The van der Waals surface area contributed by atoms with Crippen LogP contribution in [0, 0.1) is 5.82 Å². The lowest BCUT2D eigenvalue weighted by atomic mass is 9.99. The number of benzene rings is 4. The fourth-order valence-electron chi connectivity index (χ4n) is 4.91. The van der Waals surface area contributed by atoms with Crippen LogP contribution in [0.5, 0.6) is 0 Å². The molecule has 0 radical (unpaired) electrons. The number of hydrogen-bond acceptors (Lipinski definition) is 3. The molecule has 4 aromatic carbocycles. The lowest BCUT2D eigenvalue weighted by molar-refractivity contribution is 0.624. The molecular weight excluding hydrogens is 487 g/mol. The quantitative estimate of drug-likeness (QED) is 0.215. The molecule has 0 saturated carbocycles. The summed E-state index contributed by atoms with van der Waals surface area (Å²) in [6.45, 7) is 2.09. The molecule has 6 rings (SSSR count). The summed E-state index contributed by atoms with van der Waals surface area (Å²) in [6.07, 6.45) is 11.1. The maximum atomic E-state index is 14.9. The highest BCUT2D eigenvalue weighted by Crippen LogP contribution is 2.45. The largest absolute Gasteiger partial charge is 0.355 e. The van der Waals surface area contributed by atoms with Gasteiger partial charge >= 0.3 is 0 Å². The van der Waals surface area contributed by atoms with Crippen molar-refractivity contribution in [2.75, 3.05) is 5.32 Å². The van der Waals surface area contributed by atoms with Crippen molar-refractivity contribution in [3.63, 3.8) is 0 Å². The summed E-state index contributed by atoms with van der Waals surface area (Å²) in [5.41, 5.74) is 5.53. The Balaban J connectivity index is 1.52. The Kier molecular flexibility index (Phi) is 6.72. The number of allylic oxidation sites excluding steroid dienone is 4. The van der Waals surface area contributed by atoms with E-state index in [-0.39, 0.29) is 11.9 Å². The minimum Gasteiger partial charge on any atom is -0.355 e. The number of aliphatic imine (C=N–C) groups is 1. The molecule has 1 aliphatic heterocycles. The summed E-state index contributed by atoms with van der Waals surface area (Å²) < 4.78 is 17.4. The number of fused-ring (bicyclic) bond motifs is 3. The standard InChI is InChI=1S/C34H27FN2S/c1-2-3-5-17-29(27-15-8-10-16-28(27)35)37-30-20-19-26-25-14-9-11-18-32(25)38-34(26)33(30)31-21-24(22-36-31)23-12-6-4-7-13-23/h3-22,31,37H,2H2,1H3/b5-3-,29-17-. The van der Waals surface area contributed by atoms with E-state index in [4.69, 9.17) is 4.99 Å². The van der Waals surface area contributed by atoms with Crippen molar-refractivity contribution in [1.29, 1.82) is 0 Å². The van der Waals surface area contributed by atoms with Gasteiger partial charge in [-0.2, -0.15) is 0 Å². The average molecular weight is 515 g/mol. The van der Waals surface area contributed by atoms with E-state index in [0.717, 1.165) is 28.8 Å². The SMILES string of the molecule is CC/C=C\C=C(/Nc1ccc2c(sc3ccccc32)c1C1C=C(c2ccccc2)C=N1)c1ccccc1F. The molecule has 2 nitrogen and oxygen atoms in total. The molecule has 0 saturated heterocycles. The highest BCUT2D eigenvalue weighted by Gasteiger charge is 2.23. The van der Waals surface area contributed by atoms with E-state index in [1.807, 2.05) is 48.7 Å². The van der Waals surface area contributed by atoms with Gasteiger partial charge in [0.1, 0.15) is 5.82 Å². The third-order valence-electron chi connectivity index (χ3n) is 6.77. The van der Waals surface area contributed by atoms with Gasteiger partial charge in [0.25, 0.3) is 0 Å². The van der Waals surface area contributed by atoms with Crippen LogP contribution in [-0.2, 0) is 0 Å². The van der Waals surface area contributed by atoms with Crippen molar-refractivity contribution in [3.05, 3.63) is 138 Å². The van der Waals surface area contributed by atoms with Gasteiger partial charge in [-0.1, -0.05) is 85.8 Å². The predicted molar refractivity (Wildman–Crippen MR) is 162 cm³/mol. The first kappa shape index (κ1) is 24.1. The van der Waals surface area contributed by atoms with Gasteiger partial charge in [-0.25, -0.2) is 4.39 Å². The van der Waals surface area contributed by atoms with Crippen LogP contribution in [0.4, 0.5) is 10.1 Å². The summed E-state index contributed by atoms with van der Waals surface area (Å²) in [4.78, 5) is 4.96.